The van der Waals surface area contributed by atoms with Gasteiger partial charge in [0.05, 0.1) is 6.54 Å². The van der Waals surface area contributed by atoms with E-state index in [0.29, 0.717) is 17.9 Å². The molecule has 0 aliphatic rings. The number of rotatable bonds is 7. The van der Waals surface area contributed by atoms with Gasteiger partial charge in [-0.2, -0.15) is 0 Å². The molecule has 0 spiro atoms. The Morgan fingerprint density at radius 3 is 2.58 bits per heavy atom. The molecule has 0 fully saturated rings. The Hall–Kier alpha value is -1.45. The number of aromatic carboxylic acids is 1. The minimum atomic E-state index is -3.85. The van der Waals surface area contributed by atoms with E-state index >= 15 is 0 Å². The van der Waals surface area contributed by atoms with Gasteiger partial charge in [0.2, 0.25) is 5.91 Å². The second-order valence-electron chi connectivity index (χ2n) is 3.60. The van der Waals surface area contributed by atoms with Crippen molar-refractivity contribution >= 4 is 33.2 Å². The molecule has 106 valence electrons. The highest BCUT2D eigenvalue weighted by atomic mass is 32.2. The van der Waals surface area contributed by atoms with Crippen molar-refractivity contribution in [2.75, 3.05) is 13.1 Å². The van der Waals surface area contributed by atoms with Gasteiger partial charge in [-0.3, -0.25) is 4.79 Å². The van der Waals surface area contributed by atoms with E-state index in [1.165, 1.54) is 12.1 Å². The van der Waals surface area contributed by atoms with Crippen molar-refractivity contribution < 1.29 is 23.1 Å². The number of carboxylic acid groups (broad SMARTS) is 1. The van der Waals surface area contributed by atoms with Crippen LogP contribution in [0.1, 0.15) is 23.0 Å². The molecule has 0 aliphatic carbocycles. The predicted molar refractivity (Wildman–Crippen MR) is 69.8 cm³/mol. The topological polar surface area (TPSA) is 113 Å². The maximum absolute atomic E-state index is 11.8. The van der Waals surface area contributed by atoms with E-state index < -0.39 is 21.9 Å². The van der Waals surface area contributed by atoms with Crippen molar-refractivity contribution in [3.8, 4) is 0 Å². The summed E-state index contributed by atoms with van der Waals surface area (Å²) < 4.78 is 25.5. The fourth-order valence-electron chi connectivity index (χ4n) is 1.14. The Morgan fingerprint density at radius 2 is 2.05 bits per heavy atom. The number of nitrogens with one attached hydrogen (secondary N) is 2. The van der Waals surface area contributed by atoms with E-state index in [0.717, 1.165) is 6.42 Å². The highest BCUT2D eigenvalue weighted by molar-refractivity contribution is 7.91. The number of hydrogen-bond acceptors (Lipinski definition) is 5. The van der Waals surface area contributed by atoms with Crippen molar-refractivity contribution in [2.24, 2.45) is 0 Å². The summed E-state index contributed by atoms with van der Waals surface area (Å²) in [4.78, 5) is 21.8. The lowest BCUT2D eigenvalue weighted by Gasteiger charge is -2.05. The number of hydrogen-bond donors (Lipinski definition) is 3. The molecule has 1 rings (SSSR count). The normalized spacial score (nSPS) is 11.2. The Labute approximate surface area is 114 Å². The summed E-state index contributed by atoms with van der Waals surface area (Å²) in [5, 5.41) is 11.2. The molecule has 0 aromatic carbocycles. The molecule has 0 bridgehead atoms. The van der Waals surface area contributed by atoms with E-state index in [4.69, 9.17) is 5.11 Å². The van der Waals surface area contributed by atoms with Crippen LogP contribution in [-0.2, 0) is 14.8 Å². The highest BCUT2D eigenvalue weighted by Crippen LogP contribution is 2.21. The van der Waals surface area contributed by atoms with Gasteiger partial charge in [-0.25, -0.2) is 17.9 Å². The summed E-state index contributed by atoms with van der Waals surface area (Å²) >= 11 is 0.636. The van der Waals surface area contributed by atoms with Crippen LogP contribution < -0.4 is 10.0 Å². The maximum atomic E-state index is 11.8. The lowest BCUT2D eigenvalue weighted by Crippen LogP contribution is -2.36. The molecule has 0 unspecified atom stereocenters. The van der Waals surface area contributed by atoms with E-state index in [9.17, 15) is 18.0 Å². The second-order valence-corrected chi connectivity index (χ2v) is 6.68. The minimum Gasteiger partial charge on any atom is -0.477 e. The lowest BCUT2D eigenvalue weighted by atomic mass is 10.5. The molecule has 1 aromatic heterocycles. The fourth-order valence-corrected chi connectivity index (χ4v) is 3.31. The van der Waals surface area contributed by atoms with Crippen LogP contribution in [0.15, 0.2) is 16.3 Å². The Bertz CT molecular complexity index is 564. The van der Waals surface area contributed by atoms with Gasteiger partial charge >= 0.3 is 5.97 Å². The van der Waals surface area contributed by atoms with Crippen LogP contribution in [0.2, 0.25) is 0 Å². The van der Waals surface area contributed by atoms with Crippen LogP contribution in [-0.4, -0.2) is 38.5 Å². The summed E-state index contributed by atoms with van der Waals surface area (Å²) in [5.74, 6) is -1.62. The zero-order valence-electron chi connectivity index (χ0n) is 10.2. The highest BCUT2D eigenvalue weighted by Gasteiger charge is 2.19. The van der Waals surface area contributed by atoms with E-state index in [1.54, 1.807) is 0 Å². The molecule has 0 aliphatic heterocycles. The van der Waals surface area contributed by atoms with Crippen LogP contribution in [0.5, 0.6) is 0 Å². The summed E-state index contributed by atoms with van der Waals surface area (Å²) in [6.45, 7) is 1.98. The molecule has 1 amide bonds. The molecular formula is C10H14N2O5S2. The van der Waals surface area contributed by atoms with E-state index in [-0.39, 0.29) is 15.6 Å². The molecule has 0 saturated heterocycles. The Balaban J connectivity index is 2.65. The molecule has 1 heterocycles. The molecule has 0 radical (unpaired) electrons. The molecule has 0 atom stereocenters. The Morgan fingerprint density at radius 1 is 1.37 bits per heavy atom. The number of sulfonamides is 1. The predicted octanol–water partition coefficient (Wildman–Crippen LogP) is 0.251. The molecule has 7 nitrogen and oxygen atoms in total. The number of amides is 1. The largest absolute Gasteiger partial charge is 0.477 e. The van der Waals surface area contributed by atoms with Crippen molar-refractivity contribution in [3.63, 3.8) is 0 Å². The molecular weight excluding hydrogens is 292 g/mol. The Kier molecular flexibility index (Phi) is 5.45. The molecule has 0 saturated carbocycles. The monoisotopic (exact) mass is 306 g/mol. The maximum Gasteiger partial charge on any atom is 0.345 e. The quantitative estimate of drug-likeness (QED) is 0.668. The van der Waals surface area contributed by atoms with Crippen molar-refractivity contribution in [3.05, 3.63) is 17.0 Å². The SMILES string of the molecule is CCCNC(=O)CNS(=O)(=O)c1ccc(C(=O)O)s1. The first-order valence-electron chi connectivity index (χ1n) is 5.46. The fraction of sp³-hybridized carbons (Fsp3) is 0.400. The van der Waals surface area contributed by atoms with Gasteiger partial charge < -0.3 is 10.4 Å². The van der Waals surface area contributed by atoms with Gasteiger partial charge in [-0.15, -0.1) is 11.3 Å². The van der Waals surface area contributed by atoms with Crippen LogP contribution >= 0.6 is 11.3 Å². The molecule has 9 heteroatoms. The van der Waals surface area contributed by atoms with Gasteiger partial charge in [0.15, 0.2) is 0 Å². The van der Waals surface area contributed by atoms with Crippen molar-refractivity contribution in [1.29, 1.82) is 0 Å². The minimum absolute atomic E-state index is 0.0733. The summed E-state index contributed by atoms with van der Waals surface area (Å²) in [5.41, 5.74) is 0. The zero-order valence-corrected chi connectivity index (χ0v) is 11.8. The molecule has 1 aromatic rings. The lowest BCUT2D eigenvalue weighted by molar-refractivity contribution is -0.119. The van der Waals surface area contributed by atoms with Crippen LogP contribution in [0.4, 0.5) is 0 Å². The summed E-state index contributed by atoms with van der Waals surface area (Å²) in [6.07, 6.45) is 0.755. The van der Waals surface area contributed by atoms with Crippen molar-refractivity contribution in [2.45, 2.75) is 17.6 Å². The van der Waals surface area contributed by atoms with Gasteiger partial charge in [0.1, 0.15) is 9.09 Å². The molecule has 3 N–H and O–H groups in total. The smallest absolute Gasteiger partial charge is 0.345 e. The average Bonchev–Trinajstić information content (AvgIpc) is 2.84. The van der Waals surface area contributed by atoms with Gasteiger partial charge in [-0.05, 0) is 18.6 Å². The van der Waals surface area contributed by atoms with Gasteiger partial charge in [0, 0.05) is 6.54 Å². The van der Waals surface area contributed by atoms with Gasteiger partial charge in [0.25, 0.3) is 10.0 Å². The van der Waals surface area contributed by atoms with E-state index in [1.807, 2.05) is 6.92 Å². The summed E-state index contributed by atoms with van der Waals surface area (Å²) in [7, 11) is -3.85. The number of carbonyl (C=O) groups excluding carboxylic acids is 1. The number of thiophene rings is 1. The number of carbonyl (C=O) groups is 2. The van der Waals surface area contributed by atoms with Gasteiger partial charge in [-0.1, -0.05) is 6.92 Å². The number of carboxylic acids is 1. The first-order valence-corrected chi connectivity index (χ1v) is 7.76. The van der Waals surface area contributed by atoms with Crippen LogP contribution in [0.3, 0.4) is 0 Å². The first kappa shape index (κ1) is 15.6. The standard InChI is InChI=1S/C10H14N2O5S2/c1-2-5-11-8(13)6-12-19(16,17)9-4-3-7(18-9)10(14)15/h3-4,12H,2,5-6H2,1H3,(H,11,13)(H,14,15). The third-order valence-electron chi connectivity index (χ3n) is 2.05. The average molecular weight is 306 g/mol. The summed E-state index contributed by atoms with van der Waals surface area (Å²) in [6, 6.07) is 2.40. The third kappa shape index (κ3) is 4.62. The van der Waals surface area contributed by atoms with E-state index in [2.05, 4.69) is 10.0 Å². The van der Waals surface area contributed by atoms with Crippen molar-refractivity contribution in [1.82, 2.24) is 10.0 Å². The van der Waals surface area contributed by atoms with Crippen LogP contribution in [0, 0.1) is 0 Å². The van der Waals surface area contributed by atoms with Crippen LogP contribution in [0.25, 0.3) is 0 Å². The zero-order chi connectivity index (χ0) is 14.5. The second kappa shape index (κ2) is 6.64. The first-order chi connectivity index (χ1) is 8.86. The molecule has 19 heavy (non-hydrogen) atoms. The third-order valence-corrected chi connectivity index (χ3v) is 5.02.